The number of aromatic nitrogens is 2. The highest BCUT2D eigenvalue weighted by atomic mass is 79.9. The Morgan fingerprint density at radius 1 is 1.00 bits per heavy atom. The van der Waals surface area contributed by atoms with Crippen LogP contribution < -0.4 is 19.7 Å². The lowest BCUT2D eigenvalue weighted by Crippen LogP contribution is -2.38. The first-order valence-electron chi connectivity index (χ1n) is 11.2. The number of hydrogen-bond acceptors (Lipinski definition) is 5. The summed E-state index contributed by atoms with van der Waals surface area (Å²) in [6, 6.07) is 15.5. The van der Waals surface area contributed by atoms with E-state index in [1.54, 1.807) is 32.4 Å². The van der Waals surface area contributed by atoms with Crippen molar-refractivity contribution in [2.45, 2.75) is 6.42 Å². The van der Waals surface area contributed by atoms with Gasteiger partial charge in [-0.2, -0.15) is 0 Å². The summed E-state index contributed by atoms with van der Waals surface area (Å²) < 4.78 is 13.8. The van der Waals surface area contributed by atoms with E-state index in [-0.39, 0.29) is 6.03 Å². The van der Waals surface area contributed by atoms with Gasteiger partial charge >= 0.3 is 6.03 Å². The van der Waals surface area contributed by atoms with Crippen LogP contribution in [0.5, 0.6) is 11.5 Å². The van der Waals surface area contributed by atoms with E-state index >= 15 is 0 Å². The van der Waals surface area contributed by atoms with Gasteiger partial charge in [-0.1, -0.05) is 15.9 Å². The number of amides is 2. The molecule has 1 fully saturated rings. The Labute approximate surface area is 206 Å². The summed E-state index contributed by atoms with van der Waals surface area (Å²) >= 11 is 3.56. The summed E-state index contributed by atoms with van der Waals surface area (Å²) in [6.45, 7) is 2.77. The third kappa shape index (κ3) is 4.23. The van der Waals surface area contributed by atoms with E-state index in [2.05, 4.69) is 48.9 Å². The highest BCUT2D eigenvalue weighted by molar-refractivity contribution is 9.10. The Balaban J connectivity index is 1.35. The third-order valence-corrected chi connectivity index (χ3v) is 6.63. The summed E-state index contributed by atoms with van der Waals surface area (Å²) in [7, 11) is 3.17. The normalized spacial score (nSPS) is 14.3. The van der Waals surface area contributed by atoms with Crippen molar-refractivity contribution in [2.24, 2.45) is 0 Å². The van der Waals surface area contributed by atoms with Crippen molar-refractivity contribution < 1.29 is 14.3 Å². The lowest BCUT2D eigenvalue weighted by atomic mass is 10.2. The van der Waals surface area contributed by atoms with E-state index in [1.165, 1.54) is 0 Å². The molecule has 4 aromatic rings. The van der Waals surface area contributed by atoms with Crippen molar-refractivity contribution in [3.63, 3.8) is 0 Å². The zero-order valence-electron chi connectivity index (χ0n) is 19.1. The van der Waals surface area contributed by atoms with Crippen LogP contribution in [0.1, 0.15) is 6.42 Å². The number of nitrogens with one attached hydrogen (secondary N) is 1. The number of methoxy groups -OCH3 is 2. The molecule has 0 spiro atoms. The number of carbonyl (C=O) groups excluding carboxylic acids is 1. The van der Waals surface area contributed by atoms with Crippen molar-refractivity contribution in [2.75, 3.05) is 50.6 Å². The highest BCUT2D eigenvalue weighted by Crippen LogP contribution is 2.30. The number of benzene rings is 2. The monoisotopic (exact) mass is 523 g/mol. The van der Waals surface area contributed by atoms with Crippen LogP contribution in [0.25, 0.3) is 16.6 Å². The molecule has 0 aliphatic carbocycles. The number of hydrogen-bond donors (Lipinski definition) is 1. The second kappa shape index (κ2) is 9.42. The largest absolute Gasteiger partial charge is 0.497 e. The average Bonchev–Trinajstić information content (AvgIpc) is 3.21. The minimum Gasteiger partial charge on any atom is -0.497 e. The molecule has 2 aromatic heterocycles. The summed E-state index contributed by atoms with van der Waals surface area (Å²) in [6.07, 6.45) is 2.91. The number of fused-ring (bicyclic) bond motifs is 3. The first kappa shape index (κ1) is 22.3. The highest BCUT2D eigenvalue weighted by Gasteiger charge is 2.23. The third-order valence-electron chi connectivity index (χ3n) is 6.13. The van der Waals surface area contributed by atoms with E-state index in [4.69, 9.17) is 14.5 Å². The first-order chi connectivity index (χ1) is 16.6. The van der Waals surface area contributed by atoms with Crippen molar-refractivity contribution in [1.82, 2.24) is 14.3 Å². The van der Waals surface area contributed by atoms with Gasteiger partial charge in [0, 0.05) is 42.9 Å². The average molecular weight is 524 g/mol. The molecule has 1 N–H and O–H groups in total. The number of carbonyl (C=O) groups is 1. The predicted molar refractivity (Wildman–Crippen MR) is 137 cm³/mol. The number of anilines is 2. The molecular weight excluding hydrogens is 498 g/mol. The van der Waals surface area contributed by atoms with Crippen LogP contribution in [-0.4, -0.2) is 60.7 Å². The summed E-state index contributed by atoms with van der Waals surface area (Å²) in [5.74, 6) is 2.17. The topological polar surface area (TPSA) is 71.3 Å². The molecule has 1 saturated heterocycles. The molecule has 34 heavy (non-hydrogen) atoms. The Kier molecular flexibility index (Phi) is 6.19. The van der Waals surface area contributed by atoms with Crippen molar-refractivity contribution in [3.8, 4) is 11.5 Å². The molecule has 1 aliphatic rings. The molecule has 5 rings (SSSR count). The standard InChI is InChI=1S/C25H26BrN5O3/c1-33-18-7-8-19(23(16-18)34-2)28-25(32)30-11-4-10-29(13-14-30)24-22-5-3-12-31(22)21-9-6-17(26)15-20(21)27-24/h3,5-9,12,15-16H,4,10-11,13-14H2,1-2H3,(H,28,32). The maximum atomic E-state index is 13.1. The molecule has 2 aromatic carbocycles. The fourth-order valence-electron chi connectivity index (χ4n) is 4.40. The van der Waals surface area contributed by atoms with Crippen LogP contribution in [-0.2, 0) is 0 Å². The lowest BCUT2D eigenvalue weighted by Gasteiger charge is -2.24. The van der Waals surface area contributed by atoms with Crippen LogP contribution in [0.4, 0.5) is 16.3 Å². The van der Waals surface area contributed by atoms with Crippen molar-refractivity contribution >= 4 is 50.0 Å². The molecule has 9 heteroatoms. The van der Waals surface area contributed by atoms with Crippen molar-refractivity contribution in [1.29, 1.82) is 0 Å². The van der Waals surface area contributed by atoms with Gasteiger partial charge < -0.3 is 29.0 Å². The molecule has 0 saturated carbocycles. The number of nitrogens with zero attached hydrogens (tertiary/aromatic N) is 4. The van der Waals surface area contributed by atoms with E-state index in [0.29, 0.717) is 36.8 Å². The number of urea groups is 1. The quantitative estimate of drug-likeness (QED) is 0.407. The molecular formula is C25H26BrN5O3. The molecule has 0 radical (unpaired) electrons. The Bertz CT molecular complexity index is 1360. The van der Waals surface area contributed by atoms with Gasteiger partial charge in [0.1, 0.15) is 11.5 Å². The van der Waals surface area contributed by atoms with Crippen LogP contribution in [0, 0.1) is 0 Å². The molecule has 2 amide bonds. The van der Waals surface area contributed by atoms with Gasteiger partial charge in [0.15, 0.2) is 5.82 Å². The van der Waals surface area contributed by atoms with E-state index in [9.17, 15) is 4.79 Å². The minimum atomic E-state index is -0.145. The summed E-state index contributed by atoms with van der Waals surface area (Å²) in [5, 5.41) is 2.98. The molecule has 176 valence electrons. The van der Waals surface area contributed by atoms with E-state index < -0.39 is 0 Å². The smallest absolute Gasteiger partial charge is 0.322 e. The van der Waals surface area contributed by atoms with Gasteiger partial charge in [0.05, 0.1) is 36.5 Å². The second-order valence-electron chi connectivity index (χ2n) is 8.16. The number of rotatable bonds is 4. The Hall–Kier alpha value is -3.46. The van der Waals surface area contributed by atoms with Crippen LogP contribution in [0.2, 0.25) is 0 Å². The Morgan fingerprint density at radius 2 is 1.88 bits per heavy atom. The van der Waals surface area contributed by atoms with Gasteiger partial charge in [-0.15, -0.1) is 0 Å². The van der Waals surface area contributed by atoms with Crippen LogP contribution in [0.3, 0.4) is 0 Å². The van der Waals surface area contributed by atoms with E-state index in [0.717, 1.165) is 39.8 Å². The van der Waals surface area contributed by atoms with Crippen LogP contribution in [0.15, 0.2) is 59.2 Å². The maximum Gasteiger partial charge on any atom is 0.322 e. The predicted octanol–water partition coefficient (Wildman–Crippen LogP) is 5.01. The molecule has 0 bridgehead atoms. The molecule has 3 heterocycles. The second-order valence-corrected chi connectivity index (χ2v) is 9.07. The van der Waals surface area contributed by atoms with Gasteiger partial charge in [0.25, 0.3) is 0 Å². The fourth-order valence-corrected chi connectivity index (χ4v) is 4.74. The van der Waals surface area contributed by atoms with E-state index in [1.807, 2.05) is 23.1 Å². The molecule has 0 unspecified atom stereocenters. The van der Waals surface area contributed by atoms with Gasteiger partial charge in [-0.25, -0.2) is 9.78 Å². The van der Waals surface area contributed by atoms with Gasteiger partial charge in [-0.05, 0) is 48.9 Å². The number of ether oxygens (including phenoxy) is 2. The zero-order chi connectivity index (χ0) is 23.7. The summed E-state index contributed by atoms with van der Waals surface area (Å²) in [4.78, 5) is 22.2. The summed E-state index contributed by atoms with van der Waals surface area (Å²) in [5.41, 5.74) is 3.68. The zero-order valence-corrected chi connectivity index (χ0v) is 20.7. The van der Waals surface area contributed by atoms with Gasteiger partial charge in [0.2, 0.25) is 0 Å². The SMILES string of the molecule is COc1ccc(NC(=O)N2CCCN(c3nc4cc(Br)ccc4n4cccc34)CC2)c(OC)c1. The van der Waals surface area contributed by atoms with Gasteiger partial charge in [-0.3, -0.25) is 0 Å². The fraction of sp³-hybridized carbons (Fsp3) is 0.280. The van der Waals surface area contributed by atoms with Crippen LogP contribution >= 0.6 is 15.9 Å². The lowest BCUT2D eigenvalue weighted by molar-refractivity contribution is 0.215. The van der Waals surface area contributed by atoms with Crippen molar-refractivity contribution in [3.05, 3.63) is 59.2 Å². The molecule has 0 atom stereocenters. The number of halogens is 1. The Morgan fingerprint density at radius 3 is 2.71 bits per heavy atom. The minimum absolute atomic E-state index is 0.145. The molecule has 8 nitrogen and oxygen atoms in total. The maximum absolute atomic E-state index is 13.1. The first-order valence-corrected chi connectivity index (χ1v) is 12.0. The molecule has 1 aliphatic heterocycles.